The van der Waals surface area contributed by atoms with Crippen LogP contribution in [0.15, 0.2) is 18.2 Å². The highest BCUT2D eigenvalue weighted by Crippen LogP contribution is 2.31. The van der Waals surface area contributed by atoms with E-state index in [1.54, 1.807) is 0 Å². The number of rotatable bonds is 7. The number of carbonyl (C=O) groups excluding carboxylic acids is 1. The molecular weight excluding hydrogens is 351 g/mol. The fourth-order valence-corrected chi connectivity index (χ4v) is 4.49. The quantitative estimate of drug-likeness (QED) is 0.713. The first kappa shape index (κ1) is 19.6. The Labute approximate surface area is 161 Å². The monoisotopic (exact) mass is 380 g/mol. The summed E-state index contributed by atoms with van der Waals surface area (Å²) in [5, 5.41) is 6.85. The first-order valence-corrected chi connectivity index (χ1v) is 10.4. The molecule has 2 N–H and O–H groups in total. The topological polar surface area (TPSA) is 41.1 Å². The third kappa shape index (κ3) is 5.43. The molecule has 3 nitrogen and oxygen atoms in total. The maximum absolute atomic E-state index is 13.3. The predicted molar refractivity (Wildman–Crippen MR) is 104 cm³/mol. The summed E-state index contributed by atoms with van der Waals surface area (Å²) in [7, 11) is 0. The first-order chi connectivity index (χ1) is 12.5. The third-order valence-electron chi connectivity index (χ3n) is 6.15. The molecule has 0 atom stereocenters. The van der Waals surface area contributed by atoms with E-state index in [1.165, 1.54) is 50.3 Å². The van der Waals surface area contributed by atoms with Gasteiger partial charge in [0.25, 0.3) is 5.91 Å². The van der Waals surface area contributed by atoms with Gasteiger partial charge in [-0.3, -0.25) is 4.79 Å². The van der Waals surface area contributed by atoms with Crippen LogP contribution in [0, 0.1) is 23.6 Å². The standard InChI is InChI=1S/C21H30ClFN2O/c1-2-14-3-5-15(6-4-14)12-24-20-7-16(8-20)13-25-21(26)17-9-18(22)11-19(23)10-17/h9-11,14-16,20,24H,2-8,12-13H2,1H3,(H,25,26). The van der Waals surface area contributed by atoms with Crippen molar-refractivity contribution in [3.8, 4) is 0 Å². The number of hydrogen-bond acceptors (Lipinski definition) is 2. The summed E-state index contributed by atoms with van der Waals surface area (Å²) in [5.74, 6) is 1.57. The van der Waals surface area contributed by atoms with Crippen molar-refractivity contribution in [2.45, 2.75) is 57.9 Å². The molecule has 0 saturated heterocycles. The van der Waals surface area contributed by atoms with Gasteiger partial charge in [-0.1, -0.05) is 37.8 Å². The molecule has 1 aromatic rings. The summed E-state index contributed by atoms with van der Waals surface area (Å²) in [6.45, 7) is 4.09. The second-order valence-corrected chi connectivity index (χ2v) is 8.54. The Bertz CT molecular complexity index is 590. The van der Waals surface area contributed by atoms with Crippen molar-refractivity contribution in [1.29, 1.82) is 0 Å². The average molecular weight is 381 g/mol. The van der Waals surface area contributed by atoms with E-state index in [0.717, 1.165) is 31.2 Å². The number of amides is 1. The number of halogens is 2. The van der Waals surface area contributed by atoms with Gasteiger partial charge in [-0.25, -0.2) is 4.39 Å². The van der Waals surface area contributed by atoms with E-state index in [1.807, 2.05) is 0 Å². The van der Waals surface area contributed by atoms with E-state index < -0.39 is 5.82 Å². The van der Waals surface area contributed by atoms with Gasteiger partial charge in [0, 0.05) is 23.2 Å². The molecule has 26 heavy (non-hydrogen) atoms. The van der Waals surface area contributed by atoms with Crippen LogP contribution in [0.4, 0.5) is 4.39 Å². The molecule has 0 unspecified atom stereocenters. The van der Waals surface area contributed by atoms with Crippen LogP contribution in [-0.2, 0) is 0 Å². The van der Waals surface area contributed by atoms with Gasteiger partial charge >= 0.3 is 0 Å². The van der Waals surface area contributed by atoms with Crippen molar-refractivity contribution < 1.29 is 9.18 Å². The molecule has 2 aliphatic rings. The van der Waals surface area contributed by atoms with Crippen LogP contribution < -0.4 is 10.6 Å². The Balaban J connectivity index is 1.30. The maximum Gasteiger partial charge on any atom is 0.251 e. The summed E-state index contributed by atoms with van der Waals surface area (Å²) in [6.07, 6.45) is 9.07. The minimum atomic E-state index is -0.483. The smallest absolute Gasteiger partial charge is 0.251 e. The van der Waals surface area contributed by atoms with E-state index in [4.69, 9.17) is 11.6 Å². The Morgan fingerprint density at radius 3 is 2.42 bits per heavy atom. The molecule has 0 spiro atoms. The normalized spacial score (nSPS) is 28.4. The number of nitrogens with one attached hydrogen (secondary N) is 2. The van der Waals surface area contributed by atoms with Gasteiger partial charge in [0.2, 0.25) is 0 Å². The van der Waals surface area contributed by atoms with Gasteiger partial charge in [0.15, 0.2) is 0 Å². The molecule has 2 saturated carbocycles. The molecule has 0 aliphatic heterocycles. The number of carbonyl (C=O) groups is 1. The molecule has 2 fully saturated rings. The predicted octanol–water partition coefficient (Wildman–Crippen LogP) is 4.79. The van der Waals surface area contributed by atoms with Crippen molar-refractivity contribution in [2.24, 2.45) is 17.8 Å². The molecule has 0 radical (unpaired) electrons. The summed E-state index contributed by atoms with van der Waals surface area (Å²) in [6, 6.07) is 4.51. The first-order valence-electron chi connectivity index (χ1n) is 10.0. The van der Waals surface area contributed by atoms with Crippen LogP contribution in [0.1, 0.15) is 62.2 Å². The molecule has 1 amide bonds. The van der Waals surface area contributed by atoms with Gasteiger partial charge in [-0.05, 0) is 68.2 Å². The molecular formula is C21H30ClFN2O. The van der Waals surface area contributed by atoms with E-state index >= 15 is 0 Å². The van der Waals surface area contributed by atoms with Crippen LogP contribution in [-0.4, -0.2) is 25.0 Å². The molecule has 0 heterocycles. The third-order valence-corrected chi connectivity index (χ3v) is 6.37. The minimum Gasteiger partial charge on any atom is -0.352 e. The fourth-order valence-electron chi connectivity index (χ4n) is 4.27. The summed E-state index contributed by atoms with van der Waals surface area (Å²) < 4.78 is 13.3. The van der Waals surface area contributed by atoms with Crippen LogP contribution in [0.3, 0.4) is 0 Å². The molecule has 0 bridgehead atoms. The second kappa shape index (κ2) is 9.18. The number of hydrogen-bond donors (Lipinski definition) is 2. The lowest BCUT2D eigenvalue weighted by Gasteiger charge is -2.38. The second-order valence-electron chi connectivity index (χ2n) is 8.11. The van der Waals surface area contributed by atoms with Gasteiger partial charge in [0.1, 0.15) is 5.82 Å². The maximum atomic E-state index is 13.3. The highest BCUT2D eigenvalue weighted by molar-refractivity contribution is 6.31. The van der Waals surface area contributed by atoms with Crippen molar-refractivity contribution in [3.05, 3.63) is 34.6 Å². The van der Waals surface area contributed by atoms with Crippen LogP contribution in [0.5, 0.6) is 0 Å². The Morgan fingerprint density at radius 1 is 1.08 bits per heavy atom. The zero-order chi connectivity index (χ0) is 18.5. The minimum absolute atomic E-state index is 0.246. The number of benzene rings is 1. The van der Waals surface area contributed by atoms with E-state index in [9.17, 15) is 9.18 Å². The zero-order valence-corrected chi connectivity index (χ0v) is 16.3. The van der Waals surface area contributed by atoms with Crippen LogP contribution in [0.2, 0.25) is 5.02 Å². The summed E-state index contributed by atoms with van der Waals surface area (Å²) in [4.78, 5) is 12.1. The lowest BCUT2D eigenvalue weighted by molar-refractivity contribution is 0.0929. The highest BCUT2D eigenvalue weighted by atomic mass is 35.5. The van der Waals surface area contributed by atoms with Crippen LogP contribution in [0.25, 0.3) is 0 Å². The molecule has 3 rings (SSSR count). The SMILES string of the molecule is CCC1CCC(CNC2CC(CNC(=O)c3cc(F)cc(Cl)c3)C2)CC1. The summed E-state index contributed by atoms with van der Waals surface area (Å²) in [5.41, 5.74) is 0.284. The average Bonchev–Trinajstić information content (AvgIpc) is 2.59. The molecule has 144 valence electrons. The largest absolute Gasteiger partial charge is 0.352 e. The van der Waals surface area contributed by atoms with Gasteiger partial charge in [-0.15, -0.1) is 0 Å². The molecule has 0 aromatic heterocycles. The van der Waals surface area contributed by atoms with Gasteiger partial charge in [-0.2, -0.15) is 0 Å². The van der Waals surface area contributed by atoms with Crippen molar-refractivity contribution in [2.75, 3.05) is 13.1 Å². The van der Waals surface area contributed by atoms with Gasteiger partial charge < -0.3 is 10.6 Å². The Hall–Kier alpha value is -1.13. The summed E-state index contributed by atoms with van der Waals surface area (Å²) >= 11 is 5.80. The Morgan fingerprint density at radius 2 is 1.77 bits per heavy atom. The Kier molecular flexibility index (Phi) is 6.93. The van der Waals surface area contributed by atoms with E-state index in [-0.39, 0.29) is 16.5 Å². The lowest BCUT2D eigenvalue weighted by Crippen LogP contribution is -2.47. The highest BCUT2D eigenvalue weighted by Gasteiger charge is 2.30. The lowest BCUT2D eigenvalue weighted by atomic mass is 9.78. The van der Waals surface area contributed by atoms with Crippen molar-refractivity contribution in [1.82, 2.24) is 10.6 Å². The van der Waals surface area contributed by atoms with Crippen LogP contribution >= 0.6 is 11.6 Å². The van der Waals surface area contributed by atoms with Crippen molar-refractivity contribution >= 4 is 17.5 Å². The molecule has 2 aliphatic carbocycles. The van der Waals surface area contributed by atoms with Crippen molar-refractivity contribution in [3.63, 3.8) is 0 Å². The zero-order valence-electron chi connectivity index (χ0n) is 15.6. The van der Waals surface area contributed by atoms with E-state index in [2.05, 4.69) is 17.6 Å². The molecule has 1 aromatic carbocycles. The van der Waals surface area contributed by atoms with E-state index in [0.29, 0.717) is 18.5 Å². The van der Waals surface area contributed by atoms with Gasteiger partial charge in [0.05, 0.1) is 0 Å². The molecule has 5 heteroatoms. The fraction of sp³-hybridized carbons (Fsp3) is 0.667.